The predicted molar refractivity (Wildman–Crippen MR) is 61.6 cm³/mol. The Bertz CT molecular complexity index is 515. The summed E-state index contributed by atoms with van der Waals surface area (Å²) in [5.41, 5.74) is 2.45. The summed E-state index contributed by atoms with van der Waals surface area (Å²) in [7, 11) is 0. The van der Waals surface area contributed by atoms with Crippen molar-refractivity contribution in [1.82, 2.24) is 4.98 Å². The zero-order chi connectivity index (χ0) is 10.7. The van der Waals surface area contributed by atoms with E-state index in [2.05, 4.69) is 16.4 Å². The van der Waals surface area contributed by atoms with Crippen LogP contribution < -0.4 is 5.32 Å². The molecule has 3 nitrogen and oxygen atoms in total. The second-order valence-corrected chi connectivity index (χ2v) is 4.07. The number of halogens is 1. The largest absolute Gasteiger partial charge is 0.338 e. The number of nitrogens with one attached hydrogen (secondary N) is 1. The molecule has 0 saturated heterocycles. The van der Waals surface area contributed by atoms with Crippen molar-refractivity contribution in [3.05, 3.63) is 39.7 Å². The molecular formula is C10H6ClN3S. The molecule has 5 heteroatoms. The van der Waals surface area contributed by atoms with Crippen LogP contribution in [0.2, 0.25) is 5.02 Å². The number of hydrogen-bond acceptors (Lipinski definition) is 4. The smallest absolute Gasteiger partial charge is 0.159 e. The molecule has 0 fully saturated rings. The van der Waals surface area contributed by atoms with Gasteiger partial charge in [0.15, 0.2) is 5.82 Å². The van der Waals surface area contributed by atoms with E-state index in [4.69, 9.17) is 16.9 Å². The van der Waals surface area contributed by atoms with Crippen LogP contribution >= 0.6 is 22.9 Å². The van der Waals surface area contributed by atoms with Crippen LogP contribution in [0.25, 0.3) is 0 Å². The number of nitriles is 1. The van der Waals surface area contributed by atoms with Gasteiger partial charge in [0.1, 0.15) is 10.9 Å². The Morgan fingerprint density at radius 3 is 3.07 bits per heavy atom. The molecule has 0 amide bonds. The highest BCUT2D eigenvalue weighted by atomic mass is 35.5. The van der Waals surface area contributed by atoms with Gasteiger partial charge in [-0.15, -0.1) is 11.3 Å². The van der Waals surface area contributed by atoms with Crippen molar-refractivity contribution >= 4 is 34.4 Å². The Morgan fingerprint density at radius 2 is 2.33 bits per heavy atom. The molecule has 1 N–H and O–H groups in total. The lowest BCUT2D eigenvalue weighted by atomic mass is 10.3. The summed E-state index contributed by atoms with van der Waals surface area (Å²) in [5, 5.41) is 12.5. The molecular weight excluding hydrogens is 230 g/mol. The average molecular weight is 236 g/mol. The fraction of sp³-hybridized carbons (Fsp3) is 0. The second kappa shape index (κ2) is 4.30. The molecule has 0 atom stereocenters. The topological polar surface area (TPSA) is 48.7 Å². The zero-order valence-corrected chi connectivity index (χ0v) is 9.14. The van der Waals surface area contributed by atoms with Gasteiger partial charge in [0.05, 0.1) is 5.51 Å². The highest BCUT2D eigenvalue weighted by molar-refractivity contribution is 7.10. The Kier molecular flexibility index (Phi) is 2.86. The van der Waals surface area contributed by atoms with E-state index in [1.165, 1.54) is 11.3 Å². The van der Waals surface area contributed by atoms with E-state index >= 15 is 0 Å². The SMILES string of the molecule is N#Cc1scnc1Nc1cccc(Cl)c1. The van der Waals surface area contributed by atoms with E-state index in [9.17, 15) is 0 Å². The first-order valence-electron chi connectivity index (χ1n) is 4.16. The molecule has 2 aromatic rings. The Labute approximate surface area is 96.0 Å². The molecule has 0 saturated carbocycles. The monoisotopic (exact) mass is 235 g/mol. The summed E-state index contributed by atoms with van der Waals surface area (Å²) in [5.74, 6) is 0.574. The van der Waals surface area contributed by atoms with E-state index in [1.54, 1.807) is 17.6 Å². The molecule has 0 aliphatic heterocycles. The van der Waals surface area contributed by atoms with Crippen LogP contribution in [-0.4, -0.2) is 4.98 Å². The first-order chi connectivity index (χ1) is 7.29. The lowest BCUT2D eigenvalue weighted by molar-refractivity contribution is 1.37. The van der Waals surface area contributed by atoms with E-state index in [0.717, 1.165) is 5.69 Å². The van der Waals surface area contributed by atoms with Gasteiger partial charge >= 0.3 is 0 Å². The van der Waals surface area contributed by atoms with Crippen LogP contribution in [0.3, 0.4) is 0 Å². The molecule has 1 aromatic carbocycles. The minimum Gasteiger partial charge on any atom is -0.338 e. The van der Waals surface area contributed by atoms with Gasteiger partial charge in [-0.2, -0.15) is 5.26 Å². The molecule has 15 heavy (non-hydrogen) atoms. The van der Waals surface area contributed by atoms with Crippen LogP contribution in [-0.2, 0) is 0 Å². The normalized spacial score (nSPS) is 9.60. The van der Waals surface area contributed by atoms with E-state index in [-0.39, 0.29) is 0 Å². The third-order valence-corrected chi connectivity index (χ3v) is 2.72. The Balaban J connectivity index is 2.26. The number of aromatic nitrogens is 1. The molecule has 0 bridgehead atoms. The van der Waals surface area contributed by atoms with Crippen molar-refractivity contribution in [3.8, 4) is 6.07 Å². The molecule has 74 valence electrons. The van der Waals surface area contributed by atoms with Crippen molar-refractivity contribution in [1.29, 1.82) is 5.26 Å². The first-order valence-corrected chi connectivity index (χ1v) is 5.41. The van der Waals surface area contributed by atoms with Gasteiger partial charge in [0, 0.05) is 10.7 Å². The number of thiazole rings is 1. The number of benzene rings is 1. The quantitative estimate of drug-likeness (QED) is 0.868. The molecule has 0 unspecified atom stereocenters. The summed E-state index contributed by atoms with van der Waals surface area (Å²) < 4.78 is 0. The lowest BCUT2D eigenvalue weighted by Gasteiger charge is -2.03. The van der Waals surface area contributed by atoms with Crippen molar-refractivity contribution in [2.24, 2.45) is 0 Å². The number of nitrogens with zero attached hydrogens (tertiary/aromatic N) is 2. The van der Waals surface area contributed by atoms with Crippen molar-refractivity contribution in [3.63, 3.8) is 0 Å². The van der Waals surface area contributed by atoms with Gasteiger partial charge in [0.2, 0.25) is 0 Å². The molecule has 1 aromatic heterocycles. The zero-order valence-electron chi connectivity index (χ0n) is 7.57. The molecule has 1 heterocycles. The molecule has 0 radical (unpaired) electrons. The van der Waals surface area contributed by atoms with Crippen LogP contribution in [0.1, 0.15) is 4.88 Å². The minimum absolute atomic E-state index is 0.565. The standard InChI is InChI=1S/C10H6ClN3S/c11-7-2-1-3-8(4-7)14-10-9(5-12)15-6-13-10/h1-4,6,14H. The maximum Gasteiger partial charge on any atom is 0.159 e. The molecule has 0 spiro atoms. The highest BCUT2D eigenvalue weighted by Gasteiger charge is 2.04. The van der Waals surface area contributed by atoms with Gasteiger partial charge in [-0.1, -0.05) is 17.7 Å². The van der Waals surface area contributed by atoms with Gasteiger partial charge in [-0.25, -0.2) is 4.98 Å². The van der Waals surface area contributed by atoms with E-state index in [0.29, 0.717) is 15.7 Å². The first kappa shape index (κ1) is 9.97. The van der Waals surface area contributed by atoms with Crippen molar-refractivity contribution in [2.45, 2.75) is 0 Å². The van der Waals surface area contributed by atoms with Gasteiger partial charge in [0.25, 0.3) is 0 Å². The van der Waals surface area contributed by atoms with E-state index in [1.807, 2.05) is 12.1 Å². The van der Waals surface area contributed by atoms with Gasteiger partial charge < -0.3 is 5.32 Å². The van der Waals surface area contributed by atoms with E-state index < -0.39 is 0 Å². The van der Waals surface area contributed by atoms with Crippen molar-refractivity contribution < 1.29 is 0 Å². The minimum atomic E-state index is 0.565. The van der Waals surface area contributed by atoms with Crippen molar-refractivity contribution in [2.75, 3.05) is 5.32 Å². The summed E-state index contributed by atoms with van der Waals surface area (Å²) in [6, 6.07) is 9.35. The third kappa shape index (κ3) is 2.27. The average Bonchev–Trinajstić information content (AvgIpc) is 2.65. The summed E-state index contributed by atoms with van der Waals surface area (Å²) in [6.07, 6.45) is 0. The second-order valence-electron chi connectivity index (χ2n) is 2.78. The number of anilines is 2. The Morgan fingerprint density at radius 1 is 1.47 bits per heavy atom. The van der Waals surface area contributed by atoms with Crippen LogP contribution in [0, 0.1) is 11.3 Å². The Hall–Kier alpha value is -1.57. The van der Waals surface area contributed by atoms with Crippen LogP contribution in [0.15, 0.2) is 29.8 Å². The maximum absolute atomic E-state index is 8.79. The van der Waals surface area contributed by atoms with Crippen LogP contribution in [0.5, 0.6) is 0 Å². The summed E-state index contributed by atoms with van der Waals surface area (Å²) in [4.78, 5) is 4.62. The summed E-state index contributed by atoms with van der Waals surface area (Å²) in [6.45, 7) is 0. The molecule has 2 rings (SSSR count). The highest BCUT2D eigenvalue weighted by Crippen LogP contribution is 2.23. The van der Waals surface area contributed by atoms with Crippen LogP contribution in [0.4, 0.5) is 11.5 Å². The lowest BCUT2D eigenvalue weighted by Crippen LogP contribution is -1.91. The summed E-state index contributed by atoms with van der Waals surface area (Å²) >= 11 is 7.14. The number of rotatable bonds is 2. The third-order valence-electron chi connectivity index (χ3n) is 1.76. The predicted octanol–water partition coefficient (Wildman–Crippen LogP) is 3.41. The molecule has 0 aliphatic carbocycles. The van der Waals surface area contributed by atoms with Gasteiger partial charge in [-0.05, 0) is 18.2 Å². The van der Waals surface area contributed by atoms with Gasteiger partial charge in [-0.3, -0.25) is 0 Å². The maximum atomic E-state index is 8.79. The fourth-order valence-electron chi connectivity index (χ4n) is 1.12. The molecule has 0 aliphatic rings. The number of hydrogen-bond donors (Lipinski definition) is 1. The fourth-order valence-corrected chi connectivity index (χ4v) is 1.84.